The second-order valence-corrected chi connectivity index (χ2v) is 7.26. The summed E-state index contributed by atoms with van der Waals surface area (Å²) in [5, 5.41) is 4.04. The smallest absolute Gasteiger partial charge is 0.273 e. The molecular formula is C22H30N4O2. The number of fused-ring (bicyclic) bond motifs is 1. The molecule has 0 fully saturated rings. The van der Waals surface area contributed by atoms with Gasteiger partial charge in [-0.3, -0.25) is 4.79 Å². The van der Waals surface area contributed by atoms with Crippen LogP contribution in [0.25, 0.3) is 10.9 Å². The van der Waals surface area contributed by atoms with Crippen molar-refractivity contribution in [2.75, 3.05) is 6.54 Å². The number of carbonyl (C=O) groups is 1. The molecule has 0 aliphatic rings. The van der Waals surface area contributed by atoms with Crippen molar-refractivity contribution in [1.29, 1.82) is 0 Å². The van der Waals surface area contributed by atoms with Gasteiger partial charge in [-0.15, -0.1) is 0 Å². The number of H-pyrrole nitrogens is 1. The number of aromatic amines is 1. The van der Waals surface area contributed by atoms with E-state index >= 15 is 0 Å². The third-order valence-corrected chi connectivity index (χ3v) is 5.00. The topological polar surface area (TPSA) is 96.9 Å². The minimum atomic E-state index is -0.403. The van der Waals surface area contributed by atoms with Crippen LogP contribution in [0.5, 0.6) is 0 Å². The molecule has 3 rings (SSSR count). The zero-order chi connectivity index (χ0) is 19.8. The second kappa shape index (κ2) is 10.1. The zero-order valence-electron chi connectivity index (χ0n) is 16.5. The number of carbonyl (C=O) groups excluding carboxylic acids is 1. The van der Waals surface area contributed by atoms with Crippen LogP contribution in [0.15, 0.2) is 41.1 Å². The molecular weight excluding hydrogens is 352 g/mol. The minimum absolute atomic E-state index is 0.206. The molecule has 150 valence electrons. The molecule has 6 heteroatoms. The van der Waals surface area contributed by atoms with Crippen molar-refractivity contribution in [3.63, 3.8) is 0 Å². The molecule has 0 saturated heterocycles. The van der Waals surface area contributed by atoms with E-state index in [1.54, 1.807) is 0 Å². The fourth-order valence-corrected chi connectivity index (χ4v) is 3.38. The number of oxazole rings is 1. The molecule has 4 N–H and O–H groups in total. The Kier molecular flexibility index (Phi) is 7.25. The summed E-state index contributed by atoms with van der Waals surface area (Å²) in [5.74, 6) is 0.179. The van der Waals surface area contributed by atoms with Crippen LogP contribution in [-0.2, 0) is 6.42 Å². The number of benzene rings is 1. The molecule has 0 aliphatic carbocycles. The molecule has 0 saturated carbocycles. The van der Waals surface area contributed by atoms with Gasteiger partial charge in [0.2, 0.25) is 5.89 Å². The Labute approximate surface area is 165 Å². The molecule has 0 spiro atoms. The van der Waals surface area contributed by atoms with Crippen LogP contribution in [-0.4, -0.2) is 22.4 Å². The van der Waals surface area contributed by atoms with E-state index in [0.717, 1.165) is 29.3 Å². The number of aromatic nitrogens is 2. The van der Waals surface area contributed by atoms with Crippen molar-refractivity contribution in [3.8, 4) is 0 Å². The monoisotopic (exact) mass is 382 g/mol. The van der Waals surface area contributed by atoms with Crippen molar-refractivity contribution in [2.24, 2.45) is 5.73 Å². The quantitative estimate of drug-likeness (QED) is 0.426. The van der Waals surface area contributed by atoms with Crippen LogP contribution in [0.1, 0.15) is 73.4 Å². The number of amides is 1. The van der Waals surface area contributed by atoms with Crippen molar-refractivity contribution in [1.82, 2.24) is 15.3 Å². The number of nitrogens with two attached hydrogens (primary N) is 1. The van der Waals surface area contributed by atoms with E-state index in [0.29, 0.717) is 18.9 Å². The summed E-state index contributed by atoms with van der Waals surface area (Å²) in [5.41, 5.74) is 8.74. The van der Waals surface area contributed by atoms with E-state index < -0.39 is 6.04 Å². The van der Waals surface area contributed by atoms with E-state index in [-0.39, 0.29) is 11.6 Å². The molecule has 28 heavy (non-hydrogen) atoms. The number of rotatable bonds is 11. The summed E-state index contributed by atoms with van der Waals surface area (Å²) in [6.07, 6.45) is 11.1. The predicted octanol–water partition coefficient (Wildman–Crippen LogP) is 4.49. The van der Waals surface area contributed by atoms with E-state index in [1.165, 1.54) is 31.9 Å². The summed E-state index contributed by atoms with van der Waals surface area (Å²) in [6, 6.07) is 7.68. The molecule has 6 nitrogen and oxygen atoms in total. The average molecular weight is 383 g/mol. The fraction of sp³-hybridized carbons (Fsp3) is 0.455. The first-order valence-corrected chi connectivity index (χ1v) is 10.2. The van der Waals surface area contributed by atoms with Gasteiger partial charge >= 0.3 is 0 Å². The molecule has 1 unspecified atom stereocenters. The Morgan fingerprint density at radius 2 is 2.00 bits per heavy atom. The number of hydrogen-bond acceptors (Lipinski definition) is 4. The summed E-state index contributed by atoms with van der Waals surface area (Å²) >= 11 is 0. The maximum Gasteiger partial charge on any atom is 0.273 e. The maximum absolute atomic E-state index is 12.2. The van der Waals surface area contributed by atoms with Crippen LogP contribution in [0.2, 0.25) is 0 Å². The lowest BCUT2D eigenvalue weighted by molar-refractivity contribution is 0.0948. The Morgan fingerprint density at radius 1 is 1.21 bits per heavy atom. The summed E-state index contributed by atoms with van der Waals surface area (Å²) in [6.45, 7) is 2.87. The van der Waals surface area contributed by atoms with Gasteiger partial charge in [0.25, 0.3) is 5.91 Å². The first kappa shape index (κ1) is 20.1. The van der Waals surface area contributed by atoms with Gasteiger partial charge < -0.3 is 20.5 Å². The second-order valence-electron chi connectivity index (χ2n) is 7.26. The SMILES string of the molecule is CCCCCCCCNC(=O)c1coc(C(N)Cc2c[nH]c3ccccc23)n1. The highest BCUT2D eigenvalue weighted by molar-refractivity contribution is 5.91. The number of nitrogens with zero attached hydrogens (tertiary/aromatic N) is 1. The molecule has 0 radical (unpaired) electrons. The largest absolute Gasteiger partial charge is 0.446 e. The Morgan fingerprint density at radius 3 is 2.86 bits per heavy atom. The third kappa shape index (κ3) is 5.23. The summed E-state index contributed by atoms with van der Waals surface area (Å²) in [7, 11) is 0. The van der Waals surface area contributed by atoms with Crippen molar-refractivity contribution in [2.45, 2.75) is 57.9 Å². The Hall–Kier alpha value is -2.60. The Balaban J connectivity index is 1.48. The lowest BCUT2D eigenvalue weighted by Crippen LogP contribution is -2.25. The van der Waals surface area contributed by atoms with Crippen LogP contribution in [0.3, 0.4) is 0 Å². The fourth-order valence-electron chi connectivity index (χ4n) is 3.38. The number of unbranched alkanes of at least 4 members (excludes halogenated alkanes) is 5. The molecule has 0 bridgehead atoms. The molecule has 2 heterocycles. The normalized spacial score (nSPS) is 12.4. The van der Waals surface area contributed by atoms with Crippen LogP contribution < -0.4 is 11.1 Å². The molecule has 1 amide bonds. The highest BCUT2D eigenvalue weighted by Crippen LogP contribution is 2.23. The van der Waals surface area contributed by atoms with Crippen LogP contribution in [0, 0.1) is 0 Å². The van der Waals surface area contributed by atoms with E-state index in [4.69, 9.17) is 10.2 Å². The molecule has 2 aromatic heterocycles. The van der Waals surface area contributed by atoms with Gasteiger partial charge in [0.1, 0.15) is 6.26 Å². The van der Waals surface area contributed by atoms with Crippen LogP contribution in [0.4, 0.5) is 0 Å². The van der Waals surface area contributed by atoms with Crippen molar-refractivity contribution in [3.05, 3.63) is 53.9 Å². The third-order valence-electron chi connectivity index (χ3n) is 5.00. The molecule has 0 aliphatic heterocycles. The number of hydrogen-bond donors (Lipinski definition) is 3. The molecule has 1 aromatic carbocycles. The van der Waals surface area contributed by atoms with E-state index in [2.05, 4.69) is 28.3 Å². The van der Waals surface area contributed by atoms with Gasteiger partial charge in [-0.1, -0.05) is 57.2 Å². The van der Waals surface area contributed by atoms with E-state index in [1.807, 2.05) is 24.4 Å². The lowest BCUT2D eigenvalue weighted by atomic mass is 10.1. The average Bonchev–Trinajstić information content (AvgIpc) is 3.35. The highest BCUT2D eigenvalue weighted by Gasteiger charge is 2.18. The van der Waals surface area contributed by atoms with Gasteiger partial charge in [0.05, 0.1) is 6.04 Å². The van der Waals surface area contributed by atoms with Crippen molar-refractivity contribution >= 4 is 16.8 Å². The predicted molar refractivity (Wildman–Crippen MR) is 111 cm³/mol. The standard InChI is InChI=1S/C22H30N4O2/c1-2-3-4-5-6-9-12-24-21(27)20-15-28-22(26-20)18(23)13-16-14-25-19-11-8-7-10-17(16)19/h7-8,10-11,14-15,18,25H,2-6,9,12-13,23H2,1H3,(H,24,27). The van der Waals surface area contributed by atoms with Crippen molar-refractivity contribution < 1.29 is 9.21 Å². The summed E-state index contributed by atoms with van der Waals surface area (Å²) < 4.78 is 5.47. The minimum Gasteiger partial charge on any atom is -0.446 e. The summed E-state index contributed by atoms with van der Waals surface area (Å²) in [4.78, 5) is 19.8. The number of para-hydroxylation sites is 1. The van der Waals surface area contributed by atoms with Gasteiger partial charge in [-0.25, -0.2) is 4.98 Å². The van der Waals surface area contributed by atoms with Crippen LogP contribution >= 0.6 is 0 Å². The van der Waals surface area contributed by atoms with Gasteiger partial charge in [-0.05, 0) is 24.5 Å². The molecule has 3 aromatic rings. The van der Waals surface area contributed by atoms with Gasteiger partial charge in [-0.2, -0.15) is 0 Å². The highest BCUT2D eigenvalue weighted by atomic mass is 16.3. The molecule has 1 atom stereocenters. The van der Waals surface area contributed by atoms with Gasteiger partial charge in [0, 0.05) is 23.6 Å². The van der Waals surface area contributed by atoms with Gasteiger partial charge in [0.15, 0.2) is 5.69 Å². The zero-order valence-corrected chi connectivity index (χ0v) is 16.5. The Bertz CT molecular complexity index is 883. The van der Waals surface area contributed by atoms with E-state index in [9.17, 15) is 4.79 Å². The first-order valence-electron chi connectivity index (χ1n) is 10.2. The first-order chi connectivity index (χ1) is 13.7. The maximum atomic E-state index is 12.2. The lowest BCUT2D eigenvalue weighted by Gasteiger charge is -2.06. The number of nitrogens with one attached hydrogen (secondary N) is 2.